The zero-order valence-corrected chi connectivity index (χ0v) is 21.0. The monoisotopic (exact) mass is 515 g/mol. The van der Waals surface area contributed by atoms with Crippen molar-refractivity contribution in [3.63, 3.8) is 0 Å². The summed E-state index contributed by atoms with van der Waals surface area (Å²) >= 11 is 0. The molecule has 6 fully saturated rings. The second-order valence-electron chi connectivity index (χ2n) is 12.6. The van der Waals surface area contributed by atoms with Gasteiger partial charge in [0.15, 0.2) is 0 Å². The molecule has 3 heterocycles. The summed E-state index contributed by atoms with van der Waals surface area (Å²) in [6.07, 6.45) is 15.2. The van der Waals surface area contributed by atoms with Gasteiger partial charge in [0.1, 0.15) is 6.67 Å². The Balaban J connectivity index is 0.000000145. The van der Waals surface area contributed by atoms with Crippen molar-refractivity contribution in [3.05, 3.63) is 36.5 Å². The van der Waals surface area contributed by atoms with Crippen LogP contribution in [0.15, 0.2) is 36.5 Å². The maximum Gasteiger partial charge on any atom is 0.235 e. The fourth-order valence-corrected chi connectivity index (χ4v) is 9.40. The average molecular weight is 516 g/mol. The average Bonchev–Trinajstić information content (AvgIpc) is 3.76. The molecule has 9 nitrogen and oxygen atoms in total. The first-order chi connectivity index (χ1) is 18.3. The van der Waals surface area contributed by atoms with Crippen molar-refractivity contribution < 1.29 is 28.8 Å². The molecule has 9 rings (SSSR count). The van der Waals surface area contributed by atoms with Crippen LogP contribution >= 0.6 is 0 Å². The zero-order valence-electron chi connectivity index (χ0n) is 21.0. The van der Waals surface area contributed by atoms with E-state index in [2.05, 4.69) is 12.2 Å². The normalized spacial score (nSPS) is 47.8. The van der Waals surface area contributed by atoms with E-state index in [0.717, 1.165) is 19.3 Å². The van der Waals surface area contributed by atoms with E-state index in [1.54, 1.807) is 7.05 Å². The molecule has 38 heavy (non-hydrogen) atoms. The third kappa shape index (κ3) is 2.62. The van der Waals surface area contributed by atoms with E-state index in [9.17, 15) is 28.8 Å². The van der Waals surface area contributed by atoms with E-state index < -0.39 is 0 Å². The van der Waals surface area contributed by atoms with Crippen LogP contribution in [0.2, 0.25) is 0 Å². The summed E-state index contributed by atoms with van der Waals surface area (Å²) < 4.78 is 0. The van der Waals surface area contributed by atoms with Crippen LogP contribution in [0.1, 0.15) is 19.3 Å². The van der Waals surface area contributed by atoms with Gasteiger partial charge in [-0.05, 0) is 54.8 Å². The molecule has 196 valence electrons. The number of carbonyl (C=O) groups is 6. The molecule has 6 amide bonds. The summed E-state index contributed by atoms with van der Waals surface area (Å²) in [5, 5.41) is 0. The molecule has 3 aliphatic heterocycles. The van der Waals surface area contributed by atoms with Gasteiger partial charge < -0.3 is 0 Å². The molecule has 3 saturated heterocycles. The molecule has 12 atom stereocenters. The Hall–Kier alpha value is -3.36. The van der Waals surface area contributed by atoms with Gasteiger partial charge in [-0.25, -0.2) is 0 Å². The van der Waals surface area contributed by atoms with Crippen LogP contribution in [0.3, 0.4) is 0 Å². The third-order valence-corrected chi connectivity index (χ3v) is 11.1. The van der Waals surface area contributed by atoms with E-state index in [-0.39, 0.29) is 101 Å². The highest BCUT2D eigenvalue weighted by Gasteiger charge is 2.63. The van der Waals surface area contributed by atoms with Gasteiger partial charge in [-0.2, -0.15) is 0 Å². The first-order valence-corrected chi connectivity index (χ1v) is 13.8. The van der Waals surface area contributed by atoms with Gasteiger partial charge in [0, 0.05) is 7.05 Å². The molecule has 0 radical (unpaired) electrons. The van der Waals surface area contributed by atoms with E-state index in [4.69, 9.17) is 0 Å². The Morgan fingerprint density at radius 3 is 0.974 bits per heavy atom. The number of fused-ring (bicyclic) bond motifs is 15. The predicted molar refractivity (Wildman–Crippen MR) is 130 cm³/mol. The van der Waals surface area contributed by atoms with Gasteiger partial charge in [-0.1, -0.05) is 36.5 Å². The molecule has 0 aromatic rings. The summed E-state index contributed by atoms with van der Waals surface area (Å²) in [7, 11) is 1.60. The molecular formula is C29H29N3O6. The van der Waals surface area contributed by atoms with Crippen LogP contribution in [-0.2, 0) is 28.8 Å². The van der Waals surface area contributed by atoms with Crippen molar-refractivity contribution in [2.45, 2.75) is 19.3 Å². The Morgan fingerprint density at radius 2 is 0.711 bits per heavy atom. The number of nitrogens with zero attached hydrogens (tertiary/aromatic N) is 3. The number of amides is 6. The Labute approximate surface area is 219 Å². The summed E-state index contributed by atoms with van der Waals surface area (Å²) in [6, 6.07) is 0. The van der Waals surface area contributed by atoms with Crippen molar-refractivity contribution in [1.29, 1.82) is 0 Å². The van der Waals surface area contributed by atoms with E-state index in [0.29, 0.717) is 11.8 Å². The smallest absolute Gasteiger partial charge is 0.235 e. The number of allylic oxidation sites excluding steroid dienone is 6. The molecule has 0 N–H and O–H groups in total. The van der Waals surface area contributed by atoms with Crippen LogP contribution in [0.25, 0.3) is 0 Å². The van der Waals surface area contributed by atoms with Crippen molar-refractivity contribution in [2.75, 3.05) is 13.7 Å². The number of hydrogen-bond acceptors (Lipinski definition) is 6. The number of imide groups is 3. The van der Waals surface area contributed by atoms with E-state index >= 15 is 0 Å². The quantitative estimate of drug-likeness (QED) is 0.400. The lowest BCUT2D eigenvalue weighted by molar-refractivity contribution is -0.150. The van der Waals surface area contributed by atoms with Crippen LogP contribution in [-0.4, -0.2) is 63.9 Å². The van der Waals surface area contributed by atoms with E-state index in [1.807, 2.05) is 24.3 Å². The first-order valence-electron chi connectivity index (χ1n) is 13.8. The Morgan fingerprint density at radius 1 is 0.474 bits per heavy atom. The van der Waals surface area contributed by atoms with Gasteiger partial charge in [0.25, 0.3) is 0 Å². The first kappa shape index (κ1) is 22.6. The Bertz CT molecular complexity index is 1180. The molecule has 12 unspecified atom stereocenters. The predicted octanol–water partition coefficient (Wildman–Crippen LogP) is 0.981. The summed E-state index contributed by atoms with van der Waals surface area (Å²) in [5.74, 6) is -0.678. The zero-order chi connectivity index (χ0) is 26.2. The molecule has 9 aliphatic rings. The minimum Gasteiger partial charge on any atom is -0.285 e. The lowest BCUT2D eigenvalue weighted by Crippen LogP contribution is -2.46. The van der Waals surface area contributed by atoms with Crippen LogP contribution in [0.4, 0.5) is 0 Å². The summed E-state index contributed by atoms with van der Waals surface area (Å²) in [5.41, 5.74) is 0. The van der Waals surface area contributed by atoms with Gasteiger partial charge in [-0.3, -0.25) is 43.5 Å². The van der Waals surface area contributed by atoms with Crippen LogP contribution < -0.4 is 0 Å². The standard InChI is InChI=1S/C19H18N2O4.C10H11NO2/c22-16-12-8-1-2-9(5-8)13(12)17(23)20(16)7-21-18(24)14-10-3-4-11(6-10)15(14)19(21)25;1-11-9(12)7-5-2-3-6(4-5)8(7)10(11)13/h1-4,8-15H,5-7H2;2-3,5-8H,4H2,1H3. The Kier molecular flexibility index (Phi) is 4.40. The molecule has 6 aliphatic carbocycles. The summed E-state index contributed by atoms with van der Waals surface area (Å²) in [6.45, 7) is -0.186. The second-order valence-corrected chi connectivity index (χ2v) is 12.6. The van der Waals surface area contributed by atoms with Crippen molar-refractivity contribution >= 4 is 35.4 Å². The number of hydrogen-bond donors (Lipinski definition) is 0. The fraction of sp³-hybridized carbons (Fsp3) is 0.586. The molecule has 0 spiro atoms. The van der Waals surface area contributed by atoms with Crippen molar-refractivity contribution in [2.24, 2.45) is 71.0 Å². The van der Waals surface area contributed by atoms with Crippen molar-refractivity contribution in [1.82, 2.24) is 14.7 Å². The summed E-state index contributed by atoms with van der Waals surface area (Å²) in [4.78, 5) is 78.1. The SMILES string of the molecule is CN1C(=O)C2C3C=CC(C3)C2C1=O.O=C1C2C3C=CC(C3)C2C(=O)N1CN1C(=O)C2C3C=CC(C3)C2C1=O. The molecule has 0 aromatic heterocycles. The van der Waals surface area contributed by atoms with Gasteiger partial charge in [-0.15, -0.1) is 0 Å². The topological polar surface area (TPSA) is 112 Å². The van der Waals surface area contributed by atoms with Crippen LogP contribution in [0.5, 0.6) is 0 Å². The second kappa shape index (κ2) is 7.39. The highest BCUT2D eigenvalue weighted by Crippen LogP contribution is 2.55. The number of rotatable bonds is 2. The maximum atomic E-state index is 12.8. The van der Waals surface area contributed by atoms with Gasteiger partial charge in [0.2, 0.25) is 35.4 Å². The largest absolute Gasteiger partial charge is 0.285 e. The minimum atomic E-state index is -0.285. The highest BCUT2D eigenvalue weighted by atomic mass is 16.2. The van der Waals surface area contributed by atoms with Gasteiger partial charge >= 0.3 is 0 Å². The fourth-order valence-electron chi connectivity index (χ4n) is 9.40. The lowest BCUT2D eigenvalue weighted by Gasteiger charge is -2.24. The highest BCUT2D eigenvalue weighted by molar-refractivity contribution is 6.10. The van der Waals surface area contributed by atoms with Gasteiger partial charge in [0.05, 0.1) is 35.5 Å². The molecular weight excluding hydrogens is 486 g/mol. The number of likely N-dealkylation sites (tertiary alicyclic amines) is 3. The molecule has 3 saturated carbocycles. The van der Waals surface area contributed by atoms with E-state index in [1.165, 1.54) is 14.7 Å². The molecule has 0 aromatic carbocycles. The maximum absolute atomic E-state index is 12.8. The molecule has 9 heteroatoms. The third-order valence-electron chi connectivity index (χ3n) is 11.1. The lowest BCUT2D eigenvalue weighted by atomic mass is 9.85. The number of carbonyl (C=O) groups excluding carboxylic acids is 6. The minimum absolute atomic E-state index is 0.0208. The molecule has 6 bridgehead atoms. The van der Waals surface area contributed by atoms with Crippen molar-refractivity contribution in [3.8, 4) is 0 Å². The van der Waals surface area contributed by atoms with Crippen LogP contribution in [0, 0.1) is 71.0 Å².